The summed E-state index contributed by atoms with van der Waals surface area (Å²) in [6, 6.07) is 27.0. The molecule has 2 aromatic heterocycles. The van der Waals surface area contributed by atoms with Crippen molar-refractivity contribution < 1.29 is 4.74 Å². The molecule has 0 bridgehead atoms. The number of methoxy groups -OCH3 is 1. The van der Waals surface area contributed by atoms with E-state index in [1.54, 1.807) is 7.11 Å². The van der Waals surface area contributed by atoms with Gasteiger partial charge < -0.3 is 19.5 Å². The summed E-state index contributed by atoms with van der Waals surface area (Å²) in [6.07, 6.45) is 3.95. The van der Waals surface area contributed by atoms with E-state index >= 15 is 0 Å². The largest absolute Gasteiger partial charge is 0.497 e. The summed E-state index contributed by atoms with van der Waals surface area (Å²) < 4.78 is 7.57. The van der Waals surface area contributed by atoms with Crippen LogP contribution in [0.25, 0.3) is 5.69 Å². The maximum Gasteiger partial charge on any atom is 0.170 e. The molecule has 166 valence electrons. The highest BCUT2D eigenvalue weighted by atomic mass is 32.1. The fourth-order valence-electron chi connectivity index (χ4n) is 4.40. The van der Waals surface area contributed by atoms with Crippen LogP contribution in [0.4, 0.5) is 0 Å². The Hall–Kier alpha value is -3.64. The van der Waals surface area contributed by atoms with Gasteiger partial charge in [-0.25, -0.2) is 0 Å². The number of hydrogen-bond acceptors (Lipinski definition) is 3. The second kappa shape index (κ2) is 9.08. The first-order valence-corrected chi connectivity index (χ1v) is 11.4. The van der Waals surface area contributed by atoms with Gasteiger partial charge >= 0.3 is 0 Å². The second-order valence-electron chi connectivity index (χ2n) is 8.24. The Morgan fingerprint density at radius 3 is 2.45 bits per heavy atom. The van der Waals surface area contributed by atoms with Gasteiger partial charge in [0, 0.05) is 30.3 Å². The molecule has 2 atom stereocenters. The molecule has 2 aromatic carbocycles. The van der Waals surface area contributed by atoms with Gasteiger partial charge in [0.15, 0.2) is 5.11 Å². The fourth-order valence-corrected chi connectivity index (χ4v) is 4.71. The van der Waals surface area contributed by atoms with Gasteiger partial charge in [-0.1, -0.05) is 35.9 Å². The number of pyridine rings is 1. The van der Waals surface area contributed by atoms with Gasteiger partial charge in [0.1, 0.15) is 5.75 Å². The molecule has 0 saturated carbocycles. The summed E-state index contributed by atoms with van der Waals surface area (Å²) >= 11 is 5.85. The molecule has 0 spiro atoms. The molecule has 4 aromatic rings. The normalized spacial score (nSPS) is 17.8. The molecule has 1 fully saturated rings. The number of rotatable bonds is 6. The highest BCUT2D eigenvalue weighted by Gasteiger charge is 2.41. The van der Waals surface area contributed by atoms with Crippen molar-refractivity contribution in [2.24, 2.45) is 0 Å². The molecule has 3 heterocycles. The van der Waals surface area contributed by atoms with E-state index in [9.17, 15) is 0 Å². The lowest BCUT2D eigenvalue weighted by Gasteiger charge is -2.29. The topological polar surface area (TPSA) is 42.3 Å². The van der Waals surface area contributed by atoms with E-state index < -0.39 is 0 Å². The monoisotopic (exact) mass is 454 g/mol. The Labute approximate surface area is 199 Å². The van der Waals surface area contributed by atoms with Crippen LogP contribution in [0.15, 0.2) is 91.3 Å². The van der Waals surface area contributed by atoms with Crippen molar-refractivity contribution in [1.82, 2.24) is 19.8 Å². The first kappa shape index (κ1) is 21.2. The summed E-state index contributed by atoms with van der Waals surface area (Å²) in [5, 5.41) is 4.27. The minimum absolute atomic E-state index is 0.0224. The lowest BCUT2D eigenvalue weighted by atomic mass is 10.0. The first-order chi connectivity index (χ1) is 16.1. The van der Waals surface area contributed by atoms with Crippen LogP contribution in [-0.4, -0.2) is 26.7 Å². The van der Waals surface area contributed by atoms with Gasteiger partial charge in [-0.3, -0.25) is 4.98 Å². The van der Waals surface area contributed by atoms with Crippen LogP contribution in [-0.2, 0) is 6.54 Å². The second-order valence-corrected chi connectivity index (χ2v) is 8.63. The molecule has 2 unspecified atom stereocenters. The van der Waals surface area contributed by atoms with Crippen LogP contribution < -0.4 is 10.1 Å². The predicted octanol–water partition coefficient (Wildman–Crippen LogP) is 5.36. The molecule has 1 aliphatic heterocycles. The quantitative estimate of drug-likeness (QED) is 0.397. The third kappa shape index (κ3) is 4.22. The van der Waals surface area contributed by atoms with Crippen molar-refractivity contribution >= 4 is 17.3 Å². The van der Waals surface area contributed by atoms with E-state index in [-0.39, 0.29) is 12.1 Å². The molecule has 6 heteroatoms. The summed E-state index contributed by atoms with van der Waals surface area (Å²) in [6.45, 7) is 2.79. The Morgan fingerprint density at radius 2 is 1.76 bits per heavy atom. The number of ether oxygens (including phenoxy) is 1. The number of thiocarbonyl (C=S) groups is 1. The maximum absolute atomic E-state index is 5.85. The minimum Gasteiger partial charge on any atom is -0.497 e. The number of nitrogens with zero attached hydrogens (tertiary/aromatic N) is 3. The number of aryl methyl sites for hydroxylation is 1. The van der Waals surface area contributed by atoms with Gasteiger partial charge in [-0.15, -0.1) is 0 Å². The van der Waals surface area contributed by atoms with E-state index in [2.05, 4.69) is 87.5 Å². The Kier molecular flexibility index (Phi) is 5.84. The van der Waals surface area contributed by atoms with Gasteiger partial charge in [-0.05, 0) is 73.2 Å². The van der Waals surface area contributed by atoms with E-state index in [1.807, 2.05) is 30.5 Å². The van der Waals surface area contributed by atoms with Crippen molar-refractivity contribution in [2.75, 3.05) is 7.11 Å². The summed E-state index contributed by atoms with van der Waals surface area (Å²) in [5.74, 6) is 0.844. The van der Waals surface area contributed by atoms with Crippen molar-refractivity contribution in [1.29, 1.82) is 0 Å². The van der Waals surface area contributed by atoms with Gasteiger partial charge in [0.2, 0.25) is 0 Å². The van der Waals surface area contributed by atoms with Gasteiger partial charge in [-0.2, -0.15) is 0 Å². The van der Waals surface area contributed by atoms with E-state index in [4.69, 9.17) is 17.0 Å². The highest BCUT2D eigenvalue weighted by Crippen LogP contribution is 2.40. The molecule has 33 heavy (non-hydrogen) atoms. The molecule has 0 radical (unpaired) electrons. The highest BCUT2D eigenvalue weighted by molar-refractivity contribution is 7.80. The number of nitrogens with one attached hydrogen (secondary N) is 1. The summed E-state index contributed by atoms with van der Waals surface area (Å²) in [7, 11) is 1.68. The Bertz CT molecular complexity index is 1240. The molecule has 5 nitrogen and oxygen atoms in total. The van der Waals surface area contributed by atoms with Crippen LogP contribution in [0.3, 0.4) is 0 Å². The smallest absolute Gasteiger partial charge is 0.170 e. The van der Waals surface area contributed by atoms with Crippen LogP contribution in [0.1, 0.15) is 34.6 Å². The zero-order chi connectivity index (χ0) is 22.8. The van der Waals surface area contributed by atoms with Crippen LogP contribution in [0, 0.1) is 6.92 Å². The fraction of sp³-hybridized carbons (Fsp3) is 0.185. The molecular weight excluding hydrogens is 428 g/mol. The average molecular weight is 455 g/mol. The molecule has 0 amide bonds. The number of aromatic nitrogens is 2. The Balaban J connectivity index is 1.57. The molecule has 1 aliphatic rings. The van der Waals surface area contributed by atoms with Crippen molar-refractivity contribution in [3.63, 3.8) is 0 Å². The summed E-state index contributed by atoms with van der Waals surface area (Å²) in [4.78, 5) is 6.92. The lowest BCUT2D eigenvalue weighted by Crippen LogP contribution is -2.30. The van der Waals surface area contributed by atoms with Crippen LogP contribution in [0.2, 0.25) is 0 Å². The van der Waals surface area contributed by atoms with Gasteiger partial charge in [0.05, 0.1) is 24.9 Å². The average Bonchev–Trinajstić information content (AvgIpc) is 3.45. The van der Waals surface area contributed by atoms with Crippen molar-refractivity contribution in [2.45, 2.75) is 25.6 Å². The van der Waals surface area contributed by atoms with Crippen LogP contribution in [0.5, 0.6) is 5.75 Å². The van der Waals surface area contributed by atoms with E-state index in [0.717, 1.165) is 27.9 Å². The third-order valence-electron chi connectivity index (χ3n) is 6.11. The SMILES string of the molecule is COc1ccc(CN2C(=S)NC(c3ccccn3)C2c2cccn2-c2ccc(C)cc2)cc1. The number of benzene rings is 2. The Morgan fingerprint density at radius 1 is 0.970 bits per heavy atom. The molecule has 1 saturated heterocycles. The summed E-state index contributed by atoms with van der Waals surface area (Å²) in [5.41, 5.74) is 5.67. The zero-order valence-corrected chi connectivity index (χ0v) is 19.5. The van der Waals surface area contributed by atoms with Gasteiger partial charge in [0.25, 0.3) is 0 Å². The third-order valence-corrected chi connectivity index (χ3v) is 6.46. The molecule has 1 N–H and O–H groups in total. The van der Waals surface area contributed by atoms with Crippen LogP contribution >= 0.6 is 12.2 Å². The lowest BCUT2D eigenvalue weighted by molar-refractivity contribution is 0.302. The van der Waals surface area contributed by atoms with Crippen molar-refractivity contribution in [3.05, 3.63) is 114 Å². The molecule has 5 rings (SSSR count). The minimum atomic E-state index is -0.0592. The molecule has 0 aliphatic carbocycles. The first-order valence-electron chi connectivity index (χ1n) is 11.0. The molecular formula is C27H26N4OS. The van der Waals surface area contributed by atoms with E-state index in [0.29, 0.717) is 6.54 Å². The number of hydrogen-bond donors (Lipinski definition) is 1. The van der Waals surface area contributed by atoms with E-state index in [1.165, 1.54) is 11.1 Å². The predicted molar refractivity (Wildman–Crippen MR) is 134 cm³/mol. The zero-order valence-electron chi connectivity index (χ0n) is 18.7. The van der Waals surface area contributed by atoms with Crippen molar-refractivity contribution in [3.8, 4) is 11.4 Å². The standard InChI is InChI=1S/C27H26N4OS/c1-19-8-12-21(13-9-19)30-17-5-7-24(30)26-25(23-6-3-4-16-28-23)29-27(33)31(26)18-20-10-14-22(32-2)15-11-20/h3-17,25-26H,18H2,1-2H3,(H,29,33). The maximum atomic E-state index is 5.85.